The van der Waals surface area contributed by atoms with Gasteiger partial charge < -0.3 is 9.64 Å². The minimum atomic E-state index is -0.379. The molecule has 0 atom stereocenters. The van der Waals surface area contributed by atoms with Crippen LogP contribution in [0, 0.1) is 17.1 Å². The van der Waals surface area contributed by atoms with E-state index in [2.05, 4.69) is 0 Å². The van der Waals surface area contributed by atoms with Gasteiger partial charge in [-0.2, -0.15) is 5.26 Å². The van der Waals surface area contributed by atoms with Gasteiger partial charge in [-0.25, -0.2) is 4.39 Å². The fraction of sp³-hybridized carbons (Fsp3) is 0.462. The monoisotopic (exact) mass is 236 g/mol. The Balaban J connectivity index is 2.63. The van der Waals surface area contributed by atoms with Crippen molar-refractivity contribution in [3.63, 3.8) is 0 Å². The molecule has 0 aromatic heterocycles. The predicted molar refractivity (Wildman–Crippen MR) is 65.5 cm³/mol. The predicted octanol–water partition coefficient (Wildman–Crippen LogP) is 2.56. The Morgan fingerprint density at radius 2 is 2.18 bits per heavy atom. The summed E-state index contributed by atoms with van der Waals surface area (Å²) in [4.78, 5) is 1.78. The van der Waals surface area contributed by atoms with E-state index in [4.69, 9.17) is 10.00 Å². The van der Waals surface area contributed by atoms with Crippen LogP contribution in [0.25, 0.3) is 0 Å². The van der Waals surface area contributed by atoms with Crippen LogP contribution in [0.2, 0.25) is 0 Å². The summed E-state index contributed by atoms with van der Waals surface area (Å²) < 4.78 is 19.0. The molecule has 0 bridgehead atoms. The third-order valence-electron chi connectivity index (χ3n) is 2.37. The van der Waals surface area contributed by atoms with Crippen molar-refractivity contribution in [3.05, 3.63) is 29.6 Å². The average Bonchev–Trinajstić information content (AvgIpc) is 2.28. The van der Waals surface area contributed by atoms with Crippen molar-refractivity contribution in [1.29, 1.82) is 5.26 Å². The van der Waals surface area contributed by atoms with Crippen molar-refractivity contribution in [2.24, 2.45) is 0 Å². The lowest BCUT2D eigenvalue weighted by atomic mass is 10.2. The van der Waals surface area contributed by atoms with E-state index in [0.29, 0.717) is 24.4 Å². The lowest BCUT2D eigenvalue weighted by molar-refractivity contribution is 0.0845. The normalized spacial score (nSPS) is 10.4. The van der Waals surface area contributed by atoms with Gasteiger partial charge in [-0.3, -0.25) is 0 Å². The number of hydrogen-bond acceptors (Lipinski definition) is 3. The number of rotatable bonds is 5. The Bertz CT molecular complexity index is 412. The maximum absolute atomic E-state index is 13.6. The second-order valence-electron chi connectivity index (χ2n) is 4.12. The zero-order chi connectivity index (χ0) is 12.8. The molecular formula is C13H17FN2O. The Morgan fingerprint density at radius 1 is 1.47 bits per heavy atom. The van der Waals surface area contributed by atoms with Crippen LogP contribution in [0.3, 0.4) is 0 Å². The van der Waals surface area contributed by atoms with Gasteiger partial charge in [0.1, 0.15) is 5.82 Å². The Labute approximate surface area is 101 Å². The third kappa shape index (κ3) is 4.04. The number of halogens is 1. The van der Waals surface area contributed by atoms with E-state index in [1.54, 1.807) is 24.1 Å². The summed E-state index contributed by atoms with van der Waals surface area (Å²) in [6, 6.07) is 6.38. The van der Waals surface area contributed by atoms with Crippen molar-refractivity contribution in [1.82, 2.24) is 0 Å². The number of ether oxygens (including phenoxy) is 1. The number of benzene rings is 1. The van der Waals surface area contributed by atoms with Crippen LogP contribution < -0.4 is 4.90 Å². The fourth-order valence-electron chi connectivity index (χ4n) is 1.43. The Morgan fingerprint density at radius 3 is 2.71 bits per heavy atom. The highest BCUT2D eigenvalue weighted by molar-refractivity contribution is 5.50. The van der Waals surface area contributed by atoms with Crippen LogP contribution in [-0.2, 0) is 4.74 Å². The van der Waals surface area contributed by atoms with Crippen LogP contribution in [0.5, 0.6) is 0 Å². The lowest BCUT2D eigenvalue weighted by Crippen LogP contribution is -2.24. The summed E-state index contributed by atoms with van der Waals surface area (Å²) in [6.45, 7) is 5.08. The first-order valence-corrected chi connectivity index (χ1v) is 5.57. The highest BCUT2D eigenvalue weighted by atomic mass is 19.1. The van der Waals surface area contributed by atoms with Gasteiger partial charge in [-0.1, -0.05) is 0 Å². The Hall–Kier alpha value is -1.60. The molecule has 0 aliphatic rings. The highest BCUT2D eigenvalue weighted by Gasteiger charge is 2.08. The van der Waals surface area contributed by atoms with Crippen LogP contribution in [0.4, 0.5) is 10.1 Å². The quantitative estimate of drug-likeness (QED) is 0.788. The first-order valence-electron chi connectivity index (χ1n) is 5.57. The lowest BCUT2D eigenvalue weighted by Gasteiger charge is -2.20. The smallest absolute Gasteiger partial charge is 0.147 e. The molecule has 1 rings (SSSR count). The maximum Gasteiger partial charge on any atom is 0.147 e. The topological polar surface area (TPSA) is 36.3 Å². The van der Waals surface area contributed by atoms with Crippen molar-refractivity contribution in [3.8, 4) is 6.07 Å². The molecule has 0 heterocycles. The summed E-state index contributed by atoms with van der Waals surface area (Å²) in [7, 11) is 1.80. The molecule has 0 unspecified atom stereocenters. The number of likely N-dealkylation sites (N-methyl/N-ethyl adjacent to an activating group) is 1. The highest BCUT2D eigenvalue weighted by Crippen LogP contribution is 2.18. The number of nitrogens with zero attached hydrogens (tertiary/aromatic N) is 2. The van der Waals surface area contributed by atoms with Crippen LogP contribution >= 0.6 is 0 Å². The molecule has 3 nitrogen and oxygen atoms in total. The van der Waals surface area contributed by atoms with E-state index in [9.17, 15) is 4.39 Å². The van der Waals surface area contributed by atoms with Gasteiger partial charge in [0.05, 0.1) is 30.0 Å². The second-order valence-corrected chi connectivity index (χ2v) is 4.12. The standard InChI is InChI=1S/C13H17FN2O/c1-10(2)17-7-6-16(3)13-5-4-11(9-15)8-12(13)14/h4-5,8,10H,6-7H2,1-3H3. The molecule has 1 aromatic carbocycles. The van der Waals surface area contributed by atoms with Crippen molar-refractivity contribution < 1.29 is 9.13 Å². The SMILES string of the molecule is CC(C)OCCN(C)c1ccc(C#N)cc1F. The molecule has 92 valence electrons. The van der Waals surface area contributed by atoms with Crippen LogP contribution in [-0.4, -0.2) is 26.3 Å². The second kappa shape index (κ2) is 6.21. The summed E-state index contributed by atoms with van der Waals surface area (Å²) >= 11 is 0. The fourth-order valence-corrected chi connectivity index (χ4v) is 1.43. The van der Waals surface area contributed by atoms with Crippen molar-refractivity contribution in [2.45, 2.75) is 20.0 Å². The summed E-state index contributed by atoms with van der Waals surface area (Å²) in [6.07, 6.45) is 0.175. The number of hydrogen-bond donors (Lipinski definition) is 0. The minimum absolute atomic E-state index is 0.175. The first kappa shape index (κ1) is 13.5. The minimum Gasteiger partial charge on any atom is -0.377 e. The van der Waals surface area contributed by atoms with E-state index in [-0.39, 0.29) is 11.9 Å². The molecule has 1 aromatic rings. The summed E-state index contributed by atoms with van der Waals surface area (Å²) in [5.74, 6) is -0.379. The molecular weight excluding hydrogens is 219 g/mol. The molecule has 0 aliphatic heterocycles. The molecule has 4 heteroatoms. The molecule has 0 radical (unpaired) electrons. The number of anilines is 1. The van der Waals surface area contributed by atoms with Crippen molar-refractivity contribution >= 4 is 5.69 Å². The summed E-state index contributed by atoms with van der Waals surface area (Å²) in [5.41, 5.74) is 0.814. The molecule has 0 amide bonds. The summed E-state index contributed by atoms with van der Waals surface area (Å²) in [5, 5.41) is 8.64. The molecule has 0 aliphatic carbocycles. The zero-order valence-electron chi connectivity index (χ0n) is 10.4. The molecule has 17 heavy (non-hydrogen) atoms. The molecule has 0 spiro atoms. The largest absolute Gasteiger partial charge is 0.377 e. The Kier molecular flexibility index (Phi) is 4.92. The van der Waals surface area contributed by atoms with E-state index in [1.165, 1.54) is 6.07 Å². The first-order chi connectivity index (χ1) is 8.04. The van der Waals surface area contributed by atoms with Gasteiger partial charge in [0.15, 0.2) is 0 Å². The number of nitriles is 1. The maximum atomic E-state index is 13.6. The molecule has 0 saturated heterocycles. The van der Waals surface area contributed by atoms with Crippen LogP contribution in [0.15, 0.2) is 18.2 Å². The van der Waals surface area contributed by atoms with Crippen LogP contribution in [0.1, 0.15) is 19.4 Å². The van der Waals surface area contributed by atoms with E-state index < -0.39 is 0 Å². The van der Waals surface area contributed by atoms with Gasteiger partial charge >= 0.3 is 0 Å². The zero-order valence-corrected chi connectivity index (χ0v) is 10.4. The van der Waals surface area contributed by atoms with E-state index in [0.717, 1.165) is 0 Å². The van der Waals surface area contributed by atoms with E-state index >= 15 is 0 Å². The van der Waals surface area contributed by atoms with Gasteiger partial charge in [0.25, 0.3) is 0 Å². The molecule has 0 N–H and O–H groups in total. The molecule has 0 saturated carbocycles. The van der Waals surface area contributed by atoms with Gasteiger partial charge in [0, 0.05) is 13.6 Å². The average molecular weight is 236 g/mol. The van der Waals surface area contributed by atoms with Gasteiger partial charge in [-0.05, 0) is 32.0 Å². The van der Waals surface area contributed by atoms with Crippen molar-refractivity contribution in [2.75, 3.05) is 25.1 Å². The molecule has 0 fully saturated rings. The van der Waals surface area contributed by atoms with E-state index in [1.807, 2.05) is 19.9 Å². The third-order valence-corrected chi connectivity index (χ3v) is 2.37. The van der Waals surface area contributed by atoms with Gasteiger partial charge in [0.2, 0.25) is 0 Å². The van der Waals surface area contributed by atoms with Gasteiger partial charge in [-0.15, -0.1) is 0 Å².